The first-order valence-corrected chi connectivity index (χ1v) is 6.57. The van der Waals surface area contributed by atoms with Gasteiger partial charge >= 0.3 is 6.18 Å². The number of carbonyl (C=O) groups excluding carboxylic acids is 1. The molecule has 1 saturated carbocycles. The van der Waals surface area contributed by atoms with E-state index in [0.29, 0.717) is 0 Å². The molecule has 2 rings (SSSR count). The van der Waals surface area contributed by atoms with E-state index in [0.717, 1.165) is 18.9 Å². The molecule has 0 aromatic heterocycles. The van der Waals surface area contributed by atoms with E-state index in [4.69, 9.17) is 0 Å². The molecule has 0 saturated heterocycles. The molecule has 0 spiro atoms. The fourth-order valence-electron chi connectivity index (χ4n) is 1.86. The second-order valence-electron chi connectivity index (χ2n) is 5.04. The standard InChI is InChI=1S/C14H17F3N2O/c1-9(13(20)19-11-6-7-11)18-8-10-4-2-3-5-12(10)14(15,16)17/h2-5,9,11,18H,6-8H2,1H3,(H,19,20). The molecule has 1 aromatic rings. The lowest BCUT2D eigenvalue weighted by atomic mass is 10.1. The van der Waals surface area contributed by atoms with Gasteiger partial charge in [0.2, 0.25) is 5.91 Å². The molecule has 1 aliphatic rings. The molecule has 1 aliphatic carbocycles. The summed E-state index contributed by atoms with van der Waals surface area (Å²) in [6, 6.07) is 5.11. The van der Waals surface area contributed by atoms with Gasteiger partial charge in [0.25, 0.3) is 0 Å². The van der Waals surface area contributed by atoms with E-state index < -0.39 is 17.8 Å². The van der Waals surface area contributed by atoms with E-state index >= 15 is 0 Å². The summed E-state index contributed by atoms with van der Waals surface area (Å²) in [6.07, 6.45) is -2.41. The summed E-state index contributed by atoms with van der Waals surface area (Å²) < 4.78 is 38.4. The summed E-state index contributed by atoms with van der Waals surface area (Å²) in [4.78, 5) is 11.7. The fraction of sp³-hybridized carbons (Fsp3) is 0.500. The molecular weight excluding hydrogens is 269 g/mol. The maximum atomic E-state index is 12.8. The highest BCUT2D eigenvalue weighted by atomic mass is 19.4. The Bertz CT molecular complexity index is 484. The molecule has 3 nitrogen and oxygen atoms in total. The van der Waals surface area contributed by atoms with Gasteiger partial charge in [0.1, 0.15) is 0 Å². The van der Waals surface area contributed by atoms with Gasteiger partial charge in [0.05, 0.1) is 11.6 Å². The predicted molar refractivity (Wildman–Crippen MR) is 68.9 cm³/mol. The molecule has 1 amide bonds. The Hall–Kier alpha value is -1.56. The van der Waals surface area contributed by atoms with E-state index in [1.54, 1.807) is 13.0 Å². The summed E-state index contributed by atoms with van der Waals surface area (Å²) in [5.74, 6) is -0.169. The van der Waals surface area contributed by atoms with Crippen LogP contribution < -0.4 is 10.6 Å². The maximum Gasteiger partial charge on any atom is 0.416 e. The molecule has 0 radical (unpaired) electrons. The third kappa shape index (κ3) is 3.96. The van der Waals surface area contributed by atoms with Crippen LogP contribution >= 0.6 is 0 Å². The van der Waals surface area contributed by atoms with E-state index in [-0.39, 0.29) is 24.1 Å². The van der Waals surface area contributed by atoms with Crippen LogP contribution in [0.15, 0.2) is 24.3 Å². The van der Waals surface area contributed by atoms with Crippen molar-refractivity contribution in [3.63, 3.8) is 0 Å². The smallest absolute Gasteiger partial charge is 0.352 e. The Labute approximate surface area is 115 Å². The van der Waals surface area contributed by atoms with E-state index in [1.807, 2.05) is 0 Å². The number of amides is 1. The van der Waals surface area contributed by atoms with Gasteiger partial charge in [-0.2, -0.15) is 13.2 Å². The van der Waals surface area contributed by atoms with Crippen molar-refractivity contribution in [2.75, 3.05) is 0 Å². The van der Waals surface area contributed by atoms with Crippen LogP contribution in [0.2, 0.25) is 0 Å². The molecule has 0 aliphatic heterocycles. The Balaban J connectivity index is 1.94. The molecular formula is C14H17F3N2O. The third-order valence-corrected chi connectivity index (χ3v) is 3.24. The highest BCUT2D eigenvalue weighted by Gasteiger charge is 2.33. The van der Waals surface area contributed by atoms with Crippen molar-refractivity contribution in [3.05, 3.63) is 35.4 Å². The minimum Gasteiger partial charge on any atom is -0.352 e. The lowest BCUT2D eigenvalue weighted by Crippen LogP contribution is -2.42. The zero-order valence-electron chi connectivity index (χ0n) is 11.1. The van der Waals surface area contributed by atoms with Gasteiger partial charge in [-0.3, -0.25) is 4.79 Å². The minimum atomic E-state index is -4.38. The van der Waals surface area contributed by atoms with E-state index in [1.165, 1.54) is 12.1 Å². The number of hydrogen-bond donors (Lipinski definition) is 2. The molecule has 1 unspecified atom stereocenters. The van der Waals surface area contributed by atoms with Crippen LogP contribution in [-0.4, -0.2) is 18.0 Å². The first-order chi connectivity index (χ1) is 9.38. The van der Waals surface area contributed by atoms with Crippen molar-refractivity contribution in [2.45, 2.75) is 44.6 Å². The first kappa shape index (κ1) is 14.8. The number of rotatable bonds is 5. The number of hydrogen-bond acceptors (Lipinski definition) is 2. The van der Waals surface area contributed by atoms with Crippen LogP contribution in [-0.2, 0) is 17.5 Å². The highest BCUT2D eigenvalue weighted by Crippen LogP contribution is 2.31. The van der Waals surface area contributed by atoms with Gasteiger partial charge in [-0.05, 0) is 31.4 Å². The molecule has 6 heteroatoms. The van der Waals surface area contributed by atoms with Crippen LogP contribution in [0.1, 0.15) is 30.9 Å². The molecule has 0 bridgehead atoms. The SMILES string of the molecule is CC(NCc1ccccc1C(F)(F)F)C(=O)NC1CC1. The zero-order chi connectivity index (χ0) is 14.8. The predicted octanol–water partition coefficient (Wildman–Crippen LogP) is 2.46. The highest BCUT2D eigenvalue weighted by molar-refractivity contribution is 5.81. The van der Waals surface area contributed by atoms with Crippen LogP contribution in [0.4, 0.5) is 13.2 Å². The van der Waals surface area contributed by atoms with E-state index in [9.17, 15) is 18.0 Å². The fourth-order valence-corrected chi connectivity index (χ4v) is 1.86. The molecule has 20 heavy (non-hydrogen) atoms. The first-order valence-electron chi connectivity index (χ1n) is 6.57. The van der Waals surface area contributed by atoms with Crippen molar-refractivity contribution in [1.82, 2.24) is 10.6 Å². The number of nitrogens with one attached hydrogen (secondary N) is 2. The normalized spacial score (nSPS) is 16.8. The number of carbonyl (C=O) groups is 1. The zero-order valence-corrected chi connectivity index (χ0v) is 11.1. The quantitative estimate of drug-likeness (QED) is 0.873. The van der Waals surface area contributed by atoms with Crippen LogP contribution in [0.3, 0.4) is 0 Å². The van der Waals surface area contributed by atoms with Crippen LogP contribution in [0.25, 0.3) is 0 Å². The summed E-state index contributed by atoms with van der Waals surface area (Å²) in [6.45, 7) is 1.66. The summed E-state index contributed by atoms with van der Waals surface area (Å²) in [7, 11) is 0. The second kappa shape index (κ2) is 5.83. The topological polar surface area (TPSA) is 41.1 Å². The largest absolute Gasteiger partial charge is 0.416 e. The molecule has 1 aromatic carbocycles. The van der Waals surface area contributed by atoms with Gasteiger partial charge in [-0.25, -0.2) is 0 Å². The van der Waals surface area contributed by atoms with Crippen molar-refractivity contribution in [3.8, 4) is 0 Å². The average Bonchev–Trinajstić information content (AvgIpc) is 3.19. The molecule has 2 N–H and O–H groups in total. The van der Waals surface area contributed by atoms with Gasteiger partial charge in [-0.15, -0.1) is 0 Å². The van der Waals surface area contributed by atoms with Gasteiger partial charge in [-0.1, -0.05) is 18.2 Å². The summed E-state index contributed by atoms with van der Waals surface area (Å²) >= 11 is 0. The molecule has 110 valence electrons. The number of halogens is 3. The van der Waals surface area contributed by atoms with Crippen molar-refractivity contribution < 1.29 is 18.0 Å². The Kier molecular flexibility index (Phi) is 4.32. The Morgan fingerprint density at radius 1 is 1.35 bits per heavy atom. The molecule has 1 atom stereocenters. The van der Waals surface area contributed by atoms with Gasteiger partial charge in [0, 0.05) is 12.6 Å². The van der Waals surface area contributed by atoms with Crippen molar-refractivity contribution in [1.29, 1.82) is 0 Å². The van der Waals surface area contributed by atoms with Crippen molar-refractivity contribution in [2.24, 2.45) is 0 Å². The Morgan fingerprint density at radius 2 is 2.00 bits per heavy atom. The number of benzene rings is 1. The molecule has 0 heterocycles. The third-order valence-electron chi connectivity index (χ3n) is 3.24. The van der Waals surface area contributed by atoms with Gasteiger partial charge in [0.15, 0.2) is 0 Å². The Morgan fingerprint density at radius 3 is 2.60 bits per heavy atom. The monoisotopic (exact) mass is 286 g/mol. The lowest BCUT2D eigenvalue weighted by Gasteiger charge is -2.16. The van der Waals surface area contributed by atoms with Crippen LogP contribution in [0.5, 0.6) is 0 Å². The van der Waals surface area contributed by atoms with Crippen molar-refractivity contribution >= 4 is 5.91 Å². The summed E-state index contributed by atoms with van der Waals surface area (Å²) in [5, 5.41) is 5.64. The minimum absolute atomic E-state index is 0.00887. The van der Waals surface area contributed by atoms with Gasteiger partial charge < -0.3 is 10.6 Å². The lowest BCUT2D eigenvalue weighted by molar-refractivity contribution is -0.138. The van der Waals surface area contributed by atoms with Crippen LogP contribution in [0, 0.1) is 0 Å². The average molecular weight is 286 g/mol. The van der Waals surface area contributed by atoms with E-state index in [2.05, 4.69) is 10.6 Å². The number of alkyl halides is 3. The summed E-state index contributed by atoms with van der Waals surface area (Å²) in [5.41, 5.74) is -0.520. The molecule has 1 fully saturated rings. The maximum absolute atomic E-state index is 12.8. The second-order valence-corrected chi connectivity index (χ2v) is 5.04.